The smallest absolute Gasteiger partial charge is 0.410 e. The fourth-order valence-corrected chi connectivity index (χ4v) is 9.98. The maximum atomic E-state index is 14.9. The van der Waals surface area contributed by atoms with Crippen molar-refractivity contribution in [3.8, 4) is 23.0 Å². The van der Waals surface area contributed by atoms with Crippen LogP contribution in [0.3, 0.4) is 0 Å². The average Bonchev–Trinajstić information content (AvgIpc) is 3.36. The van der Waals surface area contributed by atoms with Crippen molar-refractivity contribution >= 4 is 18.1 Å². The molecule has 13 nitrogen and oxygen atoms in total. The van der Waals surface area contributed by atoms with Crippen LogP contribution in [0.1, 0.15) is 84.8 Å². The van der Waals surface area contributed by atoms with Gasteiger partial charge in [0.25, 0.3) is 0 Å². The molecule has 3 aliphatic rings. The molecule has 68 heavy (non-hydrogen) atoms. The van der Waals surface area contributed by atoms with Crippen LogP contribution in [0.15, 0.2) is 120 Å². The Morgan fingerprint density at radius 2 is 1.69 bits per heavy atom. The fraction of sp³-hybridized carbons (Fsp3) is 0.426. The Kier molecular flexibility index (Phi) is 17.8. The van der Waals surface area contributed by atoms with E-state index in [1.807, 2.05) is 49.4 Å². The molecule has 0 spiro atoms. The quantitative estimate of drug-likeness (QED) is 0.0282. The summed E-state index contributed by atoms with van der Waals surface area (Å²) in [6, 6.07) is 25.4. The summed E-state index contributed by atoms with van der Waals surface area (Å²) in [6.45, 7) is 6.76. The number of rotatable bonds is 25. The lowest BCUT2D eigenvalue weighted by molar-refractivity contribution is -0.256. The molecule has 4 aromatic rings. The second-order valence-electron chi connectivity index (χ2n) is 17.2. The molecule has 6 atom stereocenters. The van der Waals surface area contributed by atoms with Crippen molar-refractivity contribution in [1.82, 2.24) is 4.90 Å². The lowest BCUT2D eigenvalue weighted by Gasteiger charge is -2.59. The van der Waals surface area contributed by atoms with Crippen molar-refractivity contribution in [2.75, 3.05) is 46.8 Å². The molecule has 1 heterocycles. The minimum absolute atomic E-state index is 0.000376. The Balaban J connectivity index is 1.38. The van der Waals surface area contributed by atoms with Gasteiger partial charge in [-0.05, 0) is 110 Å². The first-order valence-electron chi connectivity index (χ1n) is 23.6. The molecular formula is C54H63FN2O11. The van der Waals surface area contributed by atoms with Crippen LogP contribution in [-0.4, -0.2) is 91.8 Å². The molecule has 0 aromatic heterocycles. The largest absolute Gasteiger partial charge is 0.496 e. The van der Waals surface area contributed by atoms with Gasteiger partial charge in [-0.1, -0.05) is 72.6 Å². The summed E-state index contributed by atoms with van der Waals surface area (Å²) < 4.78 is 52.6. The van der Waals surface area contributed by atoms with E-state index in [0.29, 0.717) is 65.9 Å². The van der Waals surface area contributed by atoms with Gasteiger partial charge in [0.2, 0.25) is 5.79 Å². The first kappa shape index (κ1) is 49.8. The van der Waals surface area contributed by atoms with Gasteiger partial charge in [-0.3, -0.25) is 9.69 Å². The van der Waals surface area contributed by atoms with Crippen LogP contribution in [0.25, 0.3) is 0 Å². The fourth-order valence-electron chi connectivity index (χ4n) is 9.98. The average molecular weight is 935 g/mol. The molecule has 0 unspecified atom stereocenters. The number of allylic oxidation sites excluding steroid dienone is 1. The van der Waals surface area contributed by atoms with Crippen LogP contribution in [0.2, 0.25) is 0 Å². The molecule has 0 saturated heterocycles. The highest BCUT2D eigenvalue weighted by atomic mass is 19.1. The number of hydrogen-bond acceptors (Lipinski definition) is 12. The summed E-state index contributed by atoms with van der Waals surface area (Å²) in [5.41, 5.74) is 4.30. The Morgan fingerprint density at radius 3 is 2.41 bits per heavy atom. The third-order valence-corrected chi connectivity index (χ3v) is 13.0. The summed E-state index contributed by atoms with van der Waals surface area (Å²) in [6.07, 6.45) is 8.34. The predicted octanol–water partition coefficient (Wildman–Crippen LogP) is 9.95. The van der Waals surface area contributed by atoms with E-state index in [9.17, 15) is 24.2 Å². The number of aldehydes is 1. The van der Waals surface area contributed by atoms with Gasteiger partial charge in [-0.15, -0.1) is 6.58 Å². The lowest BCUT2D eigenvalue weighted by Crippen LogP contribution is -2.70. The first-order valence-corrected chi connectivity index (χ1v) is 23.6. The van der Waals surface area contributed by atoms with Gasteiger partial charge in [0.15, 0.2) is 6.29 Å². The summed E-state index contributed by atoms with van der Waals surface area (Å²) in [5, 5.41) is 24.7. The van der Waals surface area contributed by atoms with E-state index >= 15 is 0 Å². The van der Waals surface area contributed by atoms with Crippen molar-refractivity contribution < 1.29 is 57.5 Å². The number of methoxy groups -OCH3 is 1. The van der Waals surface area contributed by atoms with Crippen LogP contribution in [0, 0.1) is 23.6 Å². The van der Waals surface area contributed by atoms with E-state index < -0.39 is 29.7 Å². The van der Waals surface area contributed by atoms with Crippen LogP contribution in [-0.2, 0) is 32.2 Å². The van der Waals surface area contributed by atoms with Gasteiger partial charge in [-0.2, -0.15) is 0 Å². The second kappa shape index (κ2) is 24.3. The normalized spacial score (nSPS) is 21.9. The lowest BCUT2D eigenvalue weighted by atomic mass is 9.55. The number of amides is 1. The van der Waals surface area contributed by atoms with Gasteiger partial charge in [0.1, 0.15) is 48.1 Å². The number of benzene rings is 4. The molecule has 1 amide bonds. The van der Waals surface area contributed by atoms with Gasteiger partial charge in [0, 0.05) is 37.7 Å². The number of hydrogen-bond donors (Lipinski definition) is 2. The maximum Gasteiger partial charge on any atom is 0.410 e. The van der Waals surface area contributed by atoms with Crippen molar-refractivity contribution in [3.63, 3.8) is 0 Å². The highest BCUT2D eigenvalue weighted by Crippen LogP contribution is 2.62. The molecule has 2 N–H and O–H groups in total. The molecule has 1 aliphatic heterocycles. The Bertz CT molecular complexity index is 2360. The monoisotopic (exact) mass is 934 g/mol. The molecule has 362 valence electrons. The van der Waals surface area contributed by atoms with Crippen molar-refractivity contribution in [2.24, 2.45) is 22.9 Å². The SMILES string of the molecule is C=CCO[C@@]12Oc3ccc(Oc4ccc(OC)c(C=O)c4)cc3[C@H]3[C@H](CCCCO)[C@@H](CCCCO)C=C(C(=NOCC)C[C@@H]1N(Cc1ccc(F)cc1)C(=O)OCCOCc1ccccc1)[C@H]32. The number of carbonyl (C=O) groups is 2. The van der Waals surface area contributed by atoms with E-state index in [1.54, 1.807) is 47.4 Å². The van der Waals surface area contributed by atoms with Gasteiger partial charge < -0.3 is 43.5 Å². The van der Waals surface area contributed by atoms with E-state index in [2.05, 4.69) is 12.7 Å². The third-order valence-electron chi connectivity index (χ3n) is 13.0. The standard InChI is InChI=1S/C54H63FN2O11/c1-4-27-65-54-50(57(34-37-17-19-41(55)20-18-37)53(61)64-29-28-63-36-38-13-7-6-8-14-38)33-47(56-66-5-2)45-31-39(15-9-11-25-58)44(16-10-12-26-59)51(52(45)54)46-32-43(22-24-49(46)68-54)67-42-21-23-48(62-3)40(30-42)35-60/h4,6-8,13-14,17-24,30-32,35,39,44,50-52,58-59H,1,5,9-12,15-16,25-29,33-34,36H2,2-3H3/t39-,44+,50-,51+,52+,54+/m0/s1. The first-order chi connectivity index (χ1) is 33.3. The number of fused-ring (bicyclic) bond motifs is 2. The van der Waals surface area contributed by atoms with Crippen molar-refractivity contribution in [2.45, 2.75) is 82.8 Å². The highest BCUT2D eigenvalue weighted by molar-refractivity contribution is 6.03. The molecule has 0 radical (unpaired) electrons. The number of oxime groups is 1. The van der Waals surface area contributed by atoms with E-state index in [4.69, 9.17) is 38.4 Å². The number of aliphatic hydroxyl groups is 2. The van der Waals surface area contributed by atoms with E-state index in [1.165, 1.54) is 19.2 Å². The summed E-state index contributed by atoms with van der Waals surface area (Å²) >= 11 is 0. The summed E-state index contributed by atoms with van der Waals surface area (Å²) in [5.74, 6) is -1.10. The zero-order valence-corrected chi connectivity index (χ0v) is 38.9. The molecular weight excluding hydrogens is 872 g/mol. The minimum atomic E-state index is -1.58. The molecule has 1 fully saturated rings. The number of aliphatic hydroxyl groups excluding tert-OH is 2. The van der Waals surface area contributed by atoms with Crippen LogP contribution < -0.4 is 14.2 Å². The molecule has 4 aromatic carbocycles. The number of unbranched alkanes of at least 4 members (excludes halogenated alkanes) is 2. The van der Waals surface area contributed by atoms with Crippen LogP contribution >= 0.6 is 0 Å². The van der Waals surface area contributed by atoms with Gasteiger partial charge >= 0.3 is 6.09 Å². The Hall–Kier alpha value is -6.06. The molecule has 2 aliphatic carbocycles. The van der Waals surface area contributed by atoms with Gasteiger partial charge in [-0.25, -0.2) is 9.18 Å². The number of ether oxygens (including phenoxy) is 6. The maximum absolute atomic E-state index is 14.9. The number of nitrogens with zero attached hydrogens (tertiary/aromatic N) is 2. The summed E-state index contributed by atoms with van der Waals surface area (Å²) in [4.78, 5) is 34.3. The van der Waals surface area contributed by atoms with E-state index in [-0.39, 0.29) is 63.8 Å². The highest BCUT2D eigenvalue weighted by Gasteiger charge is 2.65. The molecule has 0 bridgehead atoms. The third kappa shape index (κ3) is 11.6. The molecule has 7 rings (SSSR count). The summed E-state index contributed by atoms with van der Waals surface area (Å²) in [7, 11) is 1.50. The second-order valence-corrected chi connectivity index (χ2v) is 17.2. The van der Waals surface area contributed by atoms with Crippen LogP contribution in [0.5, 0.6) is 23.0 Å². The van der Waals surface area contributed by atoms with Crippen LogP contribution in [0.4, 0.5) is 9.18 Å². The van der Waals surface area contributed by atoms with Crippen molar-refractivity contribution in [3.05, 3.63) is 143 Å². The van der Waals surface area contributed by atoms with Crippen molar-refractivity contribution in [1.29, 1.82) is 0 Å². The molecule has 1 saturated carbocycles. The Labute approximate surface area is 398 Å². The zero-order chi connectivity index (χ0) is 47.9. The zero-order valence-electron chi connectivity index (χ0n) is 38.9. The Morgan fingerprint density at radius 1 is 0.941 bits per heavy atom. The minimum Gasteiger partial charge on any atom is -0.496 e. The van der Waals surface area contributed by atoms with Gasteiger partial charge in [0.05, 0.1) is 44.1 Å². The molecule has 14 heteroatoms. The topological polar surface area (TPSA) is 155 Å². The number of halogens is 1. The predicted molar refractivity (Wildman–Crippen MR) is 254 cm³/mol. The number of carbonyl (C=O) groups excluding carboxylic acids is 2. The van der Waals surface area contributed by atoms with E-state index in [0.717, 1.165) is 48.7 Å².